The molecule has 2 heterocycles. The molecular formula is C34H51N5O6S. The molecule has 5 N–H and O–H groups in total. The molecule has 0 bridgehead atoms. The van der Waals surface area contributed by atoms with Gasteiger partial charge in [-0.25, -0.2) is 4.79 Å². The Morgan fingerprint density at radius 2 is 1.78 bits per heavy atom. The van der Waals surface area contributed by atoms with Crippen molar-refractivity contribution >= 4 is 41.3 Å². The Balaban J connectivity index is 1.50. The van der Waals surface area contributed by atoms with Gasteiger partial charge in [0, 0.05) is 12.3 Å². The Morgan fingerprint density at radius 1 is 1.09 bits per heavy atom. The number of nitrogens with zero attached hydrogens (tertiary/aromatic N) is 1. The van der Waals surface area contributed by atoms with E-state index in [0.29, 0.717) is 18.6 Å². The molecular weight excluding hydrogens is 606 g/mol. The van der Waals surface area contributed by atoms with Gasteiger partial charge in [0.2, 0.25) is 17.6 Å². The molecule has 12 heteroatoms. The molecule has 11 nitrogen and oxygen atoms in total. The highest BCUT2D eigenvalue weighted by Crippen LogP contribution is 2.35. The van der Waals surface area contributed by atoms with Crippen molar-refractivity contribution in [2.75, 3.05) is 12.3 Å². The monoisotopic (exact) mass is 657 g/mol. The molecule has 1 aromatic rings. The summed E-state index contributed by atoms with van der Waals surface area (Å²) < 4.78 is 5.48. The highest BCUT2D eigenvalue weighted by molar-refractivity contribution is 7.98. The number of thioether (sulfide) groups is 1. The predicted octanol–water partition coefficient (Wildman–Crippen LogP) is 4.21. The van der Waals surface area contributed by atoms with Gasteiger partial charge in [-0.05, 0) is 68.6 Å². The molecule has 4 rings (SSSR count). The Kier molecular flexibility index (Phi) is 11.7. The number of ketones is 1. The van der Waals surface area contributed by atoms with Gasteiger partial charge in [0.15, 0.2) is 0 Å². The maximum Gasteiger partial charge on any atom is 0.315 e. The Labute approximate surface area is 276 Å². The zero-order valence-electron chi connectivity index (χ0n) is 27.9. The van der Waals surface area contributed by atoms with Crippen LogP contribution in [0.4, 0.5) is 4.79 Å². The standard InChI is InChI=1S/C34H51N5O6S/c1-21(2)24-13-16-39(26(24)30(42)36-25(18-22-11-12-22)27(40)29(35)41)31(43)28(33(3,4)5)37-32(44)38-34(14-7-6-8-15-34)20-46-19-23-10-9-17-45-23/h9-10,17,22,25-26,28H,6-8,11-16,18-20H2,1-5H3,(H2,35,41)(H,36,42)(H2,37,38,44)/t25?,26-,28+/m0/s1. The molecule has 46 heavy (non-hydrogen) atoms. The normalized spacial score (nSPS) is 20.8. The summed E-state index contributed by atoms with van der Waals surface area (Å²) in [4.78, 5) is 67.7. The maximum atomic E-state index is 14.3. The number of likely N-dealkylation sites (tertiary alicyclic amines) is 1. The first-order valence-electron chi connectivity index (χ1n) is 16.5. The van der Waals surface area contributed by atoms with Crippen LogP contribution in [0.2, 0.25) is 0 Å². The Morgan fingerprint density at radius 3 is 2.35 bits per heavy atom. The third-order valence-electron chi connectivity index (χ3n) is 9.36. The van der Waals surface area contributed by atoms with Gasteiger partial charge in [-0.1, -0.05) is 58.4 Å². The average molecular weight is 658 g/mol. The fourth-order valence-corrected chi connectivity index (χ4v) is 7.81. The number of urea groups is 1. The SMILES string of the molecule is CC(C)=C1CCN(C(=O)[C@@H](NC(=O)NC2(CSCc3ccco3)CCCCC2)C(C)(C)C)[C@@H]1C(=O)NC(CC1CC1)C(=O)C(N)=O. The molecule has 3 aliphatic rings. The summed E-state index contributed by atoms with van der Waals surface area (Å²) in [6.07, 6.45) is 9.19. The number of amides is 5. The second-order valence-corrected chi connectivity index (χ2v) is 15.5. The third-order valence-corrected chi connectivity index (χ3v) is 10.6. The summed E-state index contributed by atoms with van der Waals surface area (Å²) in [5.74, 6) is -0.250. The molecule has 2 saturated carbocycles. The first-order valence-corrected chi connectivity index (χ1v) is 17.7. The molecule has 5 amide bonds. The molecule has 0 radical (unpaired) electrons. The van der Waals surface area contributed by atoms with E-state index in [0.717, 1.165) is 67.6 Å². The van der Waals surface area contributed by atoms with Crippen LogP contribution in [0.25, 0.3) is 0 Å². The minimum absolute atomic E-state index is 0.252. The van der Waals surface area contributed by atoms with Gasteiger partial charge < -0.3 is 31.0 Å². The summed E-state index contributed by atoms with van der Waals surface area (Å²) in [6.45, 7) is 9.72. The second kappa shape index (κ2) is 15.1. The van der Waals surface area contributed by atoms with E-state index in [9.17, 15) is 24.0 Å². The lowest BCUT2D eigenvalue weighted by molar-refractivity contribution is -0.142. The quantitative estimate of drug-likeness (QED) is 0.182. The Hall–Kier alpha value is -3.28. The van der Waals surface area contributed by atoms with E-state index in [1.165, 1.54) is 4.90 Å². The smallest absolute Gasteiger partial charge is 0.315 e. The van der Waals surface area contributed by atoms with Crippen molar-refractivity contribution < 1.29 is 28.4 Å². The van der Waals surface area contributed by atoms with Gasteiger partial charge in [-0.15, -0.1) is 0 Å². The molecule has 0 aromatic carbocycles. The fraction of sp³-hybridized carbons (Fsp3) is 0.676. The van der Waals surface area contributed by atoms with Crippen molar-refractivity contribution in [2.45, 2.75) is 122 Å². The summed E-state index contributed by atoms with van der Waals surface area (Å²) in [6, 6.07) is 0.475. The lowest BCUT2D eigenvalue weighted by Gasteiger charge is -2.40. The van der Waals surface area contributed by atoms with Crippen LogP contribution in [0.15, 0.2) is 34.0 Å². The van der Waals surface area contributed by atoms with Crippen LogP contribution in [-0.2, 0) is 24.9 Å². The van der Waals surface area contributed by atoms with Crippen molar-refractivity contribution in [1.82, 2.24) is 20.9 Å². The van der Waals surface area contributed by atoms with Gasteiger partial charge >= 0.3 is 6.03 Å². The van der Waals surface area contributed by atoms with Crippen LogP contribution < -0.4 is 21.7 Å². The third kappa shape index (κ3) is 9.17. The average Bonchev–Trinajstić information content (AvgIpc) is 3.44. The van der Waals surface area contributed by atoms with E-state index in [1.807, 2.05) is 46.8 Å². The molecule has 1 unspecified atom stereocenters. The Bertz CT molecular complexity index is 1310. The van der Waals surface area contributed by atoms with Crippen LogP contribution in [-0.4, -0.2) is 70.4 Å². The number of rotatable bonds is 13. The zero-order chi connectivity index (χ0) is 33.6. The minimum Gasteiger partial charge on any atom is -0.468 e. The lowest BCUT2D eigenvalue weighted by Crippen LogP contribution is -2.62. The molecule has 254 valence electrons. The van der Waals surface area contributed by atoms with Crippen LogP contribution in [0.1, 0.15) is 98.2 Å². The topological polar surface area (TPSA) is 164 Å². The van der Waals surface area contributed by atoms with E-state index in [-0.39, 0.29) is 18.4 Å². The van der Waals surface area contributed by atoms with E-state index >= 15 is 0 Å². The van der Waals surface area contributed by atoms with Gasteiger partial charge in [0.1, 0.15) is 17.8 Å². The van der Waals surface area contributed by atoms with Crippen molar-refractivity contribution in [1.29, 1.82) is 0 Å². The molecule has 3 fully saturated rings. The number of carbonyl (C=O) groups is 5. The van der Waals surface area contributed by atoms with Crippen LogP contribution in [0.5, 0.6) is 0 Å². The van der Waals surface area contributed by atoms with Gasteiger partial charge in [-0.2, -0.15) is 11.8 Å². The number of Topliss-reactive ketones (excluding diaryl/α,β-unsaturated/α-hetero) is 1. The van der Waals surface area contributed by atoms with Gasteiger partial charge in [0.25, 0.3) is 5.91 Å². The molecule has 2 aliphatic carbocycles. The predicted molar refractivity (Wildman–Crippen MR) is 178 cm³/mol. The fourth-order valence-electron chi connectivity index (χ4n) is 6.59. The molecule has 3 atom stereocenters. The molecule has 1 aliphatic heterocycles. The highest BCUT2D eigenvalue weighted by Gasteiger charge is 2.46. The number of allylic oxidation sites excluding steroid dienone is 1. The first kappa shape index (κ1) is 35.6. The number of nitrogens with two attached hydrogens (primary N) is 1. The molecule has 0 spiro atoms. The van der Waals surface area contributed by atoms with E-state index in [4.69, 9.17) is 10.2 Å². The van der Waals surface area contributed by atoms with E-state index in [2.05, 4.69) is 16.0 Å². The van der Waals surface area contributed by atoms with E-state index in [1.54, 1.807) is 18.0 Å². The summed E-state index contributed by atoms with van der Waals surface area (Å²) in [5.41, 5.74) is 5.92. The van der Waals surface area contributed by atoms with Crippen LogP contribution in [0.3, 0.4) is 0 Å². The van der Waals surface area contributed by atoms with Gasteiger partial charge in [0.05, 0.1) is 23.6 Å². The first-order chi connectivity index (χ1) is 21.7. The second-order valence-electron chi connectivity index (χ2n) is 14.5. The summed E-state index contributed by atoms with van der Waals surface area (Å²) in [5, 5.41) is 9.00. The minimum atomic E-state index is -1.09. The number of nitrogens with one attached hydrogen (secondary N) is 3. The number of carbonyl (C=O) groups excluding carboxylic acids is 5. The molecule has 1 aromatic heterocycles. The summed E-state index contributed by atoms with van der Waals surface area (Å²) >= 11 is 1.72. The van der Waals surface area contributed by atoms with Crippen LogP contribution in [0, 0.1) is 11.3 Å². The lowest BCUT2D eigenvalue weighted by atomic mass is 9.83. The number of hydrogen-bond acceptors (Lipinski definition) is 7. The van der Waals surface area contributed by atoms with Crippen molar-refractivity contribution in [3.05, 3.63) is 35.3 Å². The van der Waals surface area contributed by atoms with Crippen molar-refractivity contribution in [3.63, 3.8) is 0 Å². The number of primary amides is 1. The van der Waals surface area contributed by atoms with Crippen molar-refractivity contribution in [2.24, 2.45) is 17.1 Å². The van der Waals surface area contributed by atoms with Crippen molar-refractivity contribution in [3.8, 4) is 0 Å². The zero-order valence-corrected chi connectivity index (χ0v) is 28.7. The summed E-state index contributed by atoms with van der Waals surface area (Å²) in [7, 11) is 0. The maximum absolute atomic E-state index is 14.3. The number of hydrogen-bond donors (Lipinski definition) is 4. The largest absolute Gasteiger partial charge is 0.468 e. The number of furan rings is 1. The van der Waals surface area contributed by atoms with Crippen LogP contribution >= 0.6 is 11.8 Å². The molecule has 1 saturated heterocycles. The van der Waals surface area contributed by atoms with E-state index < -0.39 is 52.7 Å². The van der Waals surface area contributed by atoms with Gasteiger partial charge in [-0.3, -0.25) is 19.2 Å². The highest BCUT2D eigenvalue weighted by atomic mass is 32.2.